The summed E-state index contributed by atoms with van der Waals surface area (Å²) in [5, 5.41) is 3.07. The molecule has 1 aliphatic heterocycles. The summed E-state index contributed by atoms with van der Waals surface area (Å²) >= 11 is 0. The number of benzene rings is 2. The minimum Gasteiger partial charge on any atom is -0.352 e. The van der Waals surface area contributed by atoms with Crippen molar-refractivity contribution in [2.75, 3.05) is 18.0 Å². The number of hydrogen-bond acceptors (Lipinski definition) is 5. The second kappa shape index (κ2) is 10.3. The Labute approximate surface area is 210 Å². The summed E-state index contributed by atoms with van der Waals surface area (Å²) in [6, 6.07) is 20.1. The van der Waals surface area contributed by atoms with Crippen molar-refractivity contribution in [3.8, 4) is 0 Å². The van der Waals surface area contributed by atoms with Crippen LogP contribution in [0.5, 0.6) is 0 Å². The lowest BCUT2D eigenvalue weighted by Crippen LogP contribution is -2.43. The molecule has 2 aromatic carbocycles. The molecule has 0 bridgehead atoms. The first-order valence-corrected chi connectivity index (χ1v) is 12.5. The molecule has 1 saturated heterocycles. The predicted octanol–water partition coefficient (Wildman–Crippen LogP) is 3.99. The lowest BCUT2D eigenvalue weighted by Gasteiger charge is -2.32. The van der Waals surface area contributed by atoms with Gasteiger partial charge < -0.3 is 10.2 Å². The smallest absolute Gasteiger partial charge is 0.295 e. The van der Waals surface area contributed by atoms with E-state index in [0.717, 1.165) is 11.1 Å². The number of pyridine rings is 1. The van der Waals surface area contributed by atoms with E-state index < -0.39 is 0 Å². The van der Waals surface area contributed by atoms with Gasteiger partial charge in [0.05, 0.1) is 6.54 Å². The fraction of sp³-hybridized carbons (Fsp3) is 0.310. The molecule has 0 saturated carbocycles. The molecule has 0 unspecified atom stereocenters. The maximum Gasteiger partial charge on any atom is 0.295 e. The highest BCUT2D eigenvalue weighted by molar-refractivity contribution is 5.79. The Morgan fingerprint density at radius 3 is 2.25 bits per heavy atom. The summed E-state index contributed by atoms with van der Waals surface area (Å²) in [5.74, 6) is 0.437. The van der Waals surface area contributed by atoms with E-state index >= 15 is 0 Å². The highest BCUT2D eigenvalue weighted by Gasteiger charge is 2.27. The van der Waals surface area contributed by atoms with Gasteiger partial charge in [-0.3, -0.25) is 14.2 Å². The summed E-state index contributed by atoms with van der Waals surface area (Å²) in [7, 11) is 0. The third-order valence-corrected chi connectivity index (χ3v) is 6.90. The molecule has 7 nitrogen and oxygen atoms in total. The molecule has 2 aromatic heterocycles. The van der Waals surface area contributed by atoms with Crippen LogP contribution in [0.15, 0.2) is 71.7 Å². The molecule has 0 spiro atoms. The number of carbonyl (C=O) groups is 1. The molecule has 3 heterocycles. The number of hydrogen-bond donors (Lipinski definition) is 1. The quantitative estimate of drug-likeness (QED) is 0.451. The average Bonchev–Trinajstić information content (AvgIpc) is 2.91. The third-order valence-electron chi connectivity index (χ3n) is 6.90. The molecule has 7 heteroatoms. The van der Waals surface area contributed by atoms with Crippen LogP contribution in [0.4, 0.5) is 5.82 Å². The summed E-state index contributed by atoms with van der Waals surface area (Å²) in [4.78, 5) is 37.5. The van der Waals surface area contributed by atoms with Crippen molar-refractivity contribution >= 4 is 22.9 Å². The fourth-order valence-corrected chi connectivity index (χ4v) is 4.68. The van der Waals surface area contributed by atoms with Gasteiger partial charge >= 0.3 is 0 Å². The van der Waals surface area contributed by atoms with Crippen LogP contribution in [0.25, 0.3) is 11.2 Å². The van der Waals surface area contributed by atoms with E-state index in [1.165, 1.54) is 11.1 Å². The van der Waals surface area contributed by atoms with Crippen molar-refractivity contribution in [1.29, 1.82) is 0 Å². The van der Waals surface area contributed by atoms with Crippen molar-refractivity contribution in [2.45, 2.75) is 39.8 Å². The van der Waals surface area contributed by atoms with Gasteiger partial charge in [-0.2, -0.15) is 0 Å². The van der Waals surface area contributed by atoms with Crippen LogP contribution in [0.1, 0.15) is 35.1 Å². The normalized spacial score (nSPS) is 14.2. The summed E-state index contributed by atoms with van der Waals surface area (Å²) in [6.45, 7) is 6.28. The summed E-state index contributed by atoms with van der Waals surface area (Å²) < 4.78 is 1.71. The van der Waals surface area contributed by atoms with Gasteiger partial charge in [0.2, 0.25) is 5.91 Å². The Balaban J connectivity index is 1.31. The van der Waals surface area contributed by atoms with E-state index in [0.29, 0.717) is 56.0 Å². The van der Waals surface area contributed by atoms with Crippen LogP contribution >= 0.6 is 0 Å². The fourth-order valence-electron chi connectivity index (χ4n) is 4.68. The lowest BCUT2D eigenvalue weighted by atomic mass is 9.96. The summed E-state index contributed by atoms with van der Waals surface area (Å²) in [5.41, 5.74) is 5.63. The molecule has 1 N–H and O–H groups in total. The number of carbonyl (C=O) groups excluding carboxylic acids is 1. The maximum absolute atomic E-state index is 13.6. The molecule has 36 heavy (non-hydrogen) atoms. The molecular weight excluding hydrogens is 450 g/mol. The van der Waals surface area contributed by atoms with Crippen LogP contribution in [-0.2, 0) is 17.9 Å². The molecule has 184 valence electrons. The number of nitrogens with zero attached hydrogens (tertiary/aromatic N) is 4. The van der Waals surface area contributed by atoms with E-state index in [9.17, 15) is 9.59 Å². The first-order chi connectivity index (χ1) is 17.5. The van der Waals surface area contributed by atoms with Crippen molar-refractivity contribution in [3.63, 3.8) is 0 Å². The Kier molecular flexibility index (Phi) is 6.80. The Morgan fingerprint density at radius 2 is 1.58 bits per heavy atom. The van der Waals surface area contributed by atoms with E-state index in [1.54, 1.807) is 10.8 Å². The second-order valence-corrected chi connectivity index (χ2v) is 9.62. The third kappa shape index (κ3) is 5.15. The monoisotopic (exact) mass is 481 g/mol. The predicted molar refractivity (Wildman–Crippen MR) is 142 cm³/mol. The van der Waals surface area contributed by atoms with Gasteiger partial charge in [0.1, 0.15) is 5.52 Å². The van der Waals surface area contributed by atoms with Crippen molar-refractivity contribution in [1.82, 2.24) is 19.9 Å². The van der Waals surface area contributed by atoms with Crippen LogP contribution in [0, 0.1) is 19.8 Å². The molecule has 1 amide bonds. The SMILES string of the molecule is Cc1ccc(CNC(=O)C2CCN(c3nc4cccnc4n(Cc4ccc(C)cc4)c3=O)CC2)cc1. The zero-order valence-corrected chi connectivity index (χ0v) is 20.8. The van der Waals surface area contributed by atoms with Gasteiger partial charge in [0, 0.05) is 31.7 Å². The number of aromatic nitrogens is 3. The molecule has 1 aliphatic rings. The number of fused-ring (bicyclic) bond motifs is 1. The van der Waals surface area contributed by atoms with Crippen LogP contribution in [0.3, 0.4) is 0 Å². The molecule has 0 atom stereocenters. The van der Waals surface area contributed by atoms with Gasteiger partial charge in [-0.25, -0.2) is 9.97 Å². The van der Waals surface area contributed by atoms with Crippen LogP contribution < -0.4 is 15.8 Å². The first kappa shape index (κ1) is 23.7. The van der Waals surface area contributed by atoms with Crippen LogP contribution in [-0.4, -0.2) is 33.5 Å². The average molecular weight is 482 g/mol. The highest BCUT2D eigenvalue weighted by atomic mass is 16.2. The van der Waals surface area contributed by atoms with Crippen LogP contribution in [0.2, 0.25) is 0 Å². The molecule has 4 aromatic rings. The number of anilines is 1. The summed E-state index contributed by atoms with van der Waals surface area (Å²) in [6.07, 6.45) is 3.06. The Hall–Kier alpha value is -4.00. The van der Waals surface area contributed by atoms with Gasteiger partial charge in [0.25, 0.3) is 5.56 Å². The number of amides is 1. The number of piperidine rings is 1. The maximum atomic E-state index is 13.6. The molecular formula is C29H31N5O2. The number of rotatable bonds is 6. The van der Waals surface area contributed by atoms with Crippen molar-refractivity contribution in [3.05, 3.63) is 99.5 Å². The van der Waals surface area contributed by atoms with Gasteiger partial charge in [-0.15, -0.1) is 0 Å². The minimum absolute atomic E-state index is 0.0661. The van der Waals surface area contributed by atoms with E-state index in [1.807, 2.05) is 67.3 Å². The molecule has 0 radical (unpaired) electrons. The largest absolute Gasteiger partial charge is 0.352 e. The zero-order chi connectivity index (χ0) is 25.1. The van der Waals surface area contributed by atoms with Crippen molar-refractivity contribution in [2.24, 2.45) is 5.92 Å². The molecule has 5 rings (SSSR count). The van der Waals surface area contributed by atoms with Gasteiger partial charge in [-0.05, 0) is 49.9 Å². The van der Waals surface area contributed by atoms with Gasteiger partial charge in [0.15, 0.2) is 11.5 Å². The number of aryl methyl sites for hydroxylation is 2. The van der Waals surface area contributed by atoms with E-state index in [-0.39, 0.29) is 17.4 Å². The number of nitrogens with one attached hydrogen (secondary N) is 1. The van der Waals surface area contributed by atoms with Crippen molar-refractivity contribution < 1.29 is 4.79 Å². The standard InChI is InChI=1S/C29H31N5O2/c1-20-5-9-22(10-6-20)18-31-28(35)24-13-16-33(17-14-24)27-29(36)34(19-23-11-7-21(2)8-12-23)26-25(32-27)4-3-15-30-26/h3-12,15,24H,13-14,16-19H2,1-2H3,(H,31,35). The van der Waals surface area contributed by atoms with E-state index in [2.05, 4.69) is 22.4 Å². The molecule has 1 fully saturated rings. The first-order valence-electron chi connectivity index (χ1n) is 12.5. The van der Waals surface area contributed by atoms with Gasteiger partial charge in [-0.1, -0.05) is 59.7 Å². The zero-order valence-electron chi connectivity index (χ0n) is 20.8. The highest BCUT2D eigenvalue weighted by Crippen LogP contribution is 2.22. The minimum atomic E-state index is -0.149. The van der Waals surface area contributed by atoms with E-state index in [4.69, 9.17) is 4.98 Å². The second-order valence-electron chi connectivity index (χ2n) is 9.62. The topological polar surface area (TPSA) is 80.1 Å². The molecule has 0 aliphatic carbocycles. The Bertz CT molecular complexity index is 1420. The lowest BCUT2D eigenvalue weighted by molar-refractivity contribution is -0.125. The Morgan fingerprint density at radius 1 is 0.944 bits per heavy atom.